The minimum Gasteiger partial charge on any atom is -0.455 e. The summed E-state index contributed by atoms with van der Waals surface area (Å²) < 4.78 is 5.94. The lowest BCUT2D eigenvalue weighted by Gasteiger charge is -2.30. The summed E-state index contributed by atoms with van der Waals surface area (Å²) in [6.45, 7) is 5.58. The van der Waals surface area contributed by atoms with Crippen molar-refractivity contribution >= 4 is 11.6 Å². The van der Waals surface area contributed by atoms with E-state index in [0.29, 0.717) is 17.0 Å². The molecule has 0 aromatic heterocycles. The molecule has 1 N–H and O–H groups in total. The van der Waals surface area contributed by atoms with Crippen LogP contribution in [0.15, 0.2) is 78.9 Å². The smallest absolute Gasteiger partial charge is 0.255 e. The Morgan fingerprint density at radius 1 is 0.933 bits per heavy atom. The average molecular weight is 401 g/mol. The first kappa shape index (κ1) is 20.2. The SMILES string of the molecule is CC1CCN(Cc2ccc(C(=O)Nc3ccccc3Oc3ccccc3)cc2)CC1. The number of nitrogens with one attached hydrogen (secondary N) is 1. The number of piperidine rings is 1. The third-order valence-corrected chi connectivity index (χ3v) is 5.60. The fourth-order valence-electron chi connectivity index (χ4n) is 3.71. The molecule has 1 aliphatic rings. The quantitative estimate of drug-likeness (QED) is 0.555. The van der Waals surface area contributed by atoms with Crippen LogP contribution in [0.4, 0.5) is 5.69 Å². The van der Waals surface area contributed by atoms with Crippen LogP contribution in [-0.2, 0) is 6.54 Å². The molecule has 4 nitrogen and oxygen atoms in total. The van der Waals surface area contributed by atoms with Crippen LogP contribution in [0.3, 0.4) is 0 Å². The lowest BCUT2D eigenvalue weighted by atomic mass is 9.99. The Morgan fingerprint density at radius 2 is 1.60 bits per heavy atom. The van der Waals surface area contributed by atoms with Crippen LogP contribution in [0.25, 0.3) is 0 Å². The van der Waals surface area contributed by atoms with Gasteiger partial charge in [0.25, 0.3) is 5.91 Å². The Hall–Kier alpha value is -3.11. The Labute approximate surface area is 178 Å². The van der Waals surface area contributed by atoms with E-state index in [0.717, 1.165) is 31.3 Å². The highest BCUT2D eigenvalue weighted by atomic mass is 16.5. The van der Waals surface area contributed by atoms with Gasteiger partial charge < -0.3 is 10.1 Å². The molecule has 154 valence electrons. The van der Waals surface area contributed by atoms with Gasteiger partial charge >= 0.3 is 0 Å². The van der Waals surface area contributed by atoms with Gasteiger partial charge in [-0.05, 0) is 73.8 Å². The molecule has 0 unspecified atom stereocenters. The normalized spacial score (nSPS) is 15.0. The van der Waals surface area contributed by atoms with E-state index in [4.69, 9.17) is 4.74 Å². The molecule has 1 aliphatic heterocycles. The van der Waals surface area contributed by atoms with Crippen LogP contribution in [0.2, 0.25) is 0 Å². The summed E-state index contributed by atoms with van der Waals surface area (Å²) in [6.07, 6.45) is 2.54. The summed E-state index contributed by atoms with van der Waals surface area (Å²) in [5, 5.41) is 2.98. The van der Waals surface area contributed by atoms with E-state index in [2.05, 4.69) is 29.3 Å². The third kappa shape index (κ3) is 5.28. The number of likely N-dealkylation sites (tertiary alicyclic amines) is 1. The van der Waals surface area contributed by atoms with Crippen LogP contribution in [0, 0.1) is 5.92 Å². The van der Waals surface area contributed by atoms with Crippen molar-refractivity contribution in [3.8, 4) is 11.5 Å². The molecule has 0 saturated carbocycles. The number of nitrogens with zero attached hydrogens (tertiary/aromatic N) is 1. The van der Waals surface area contributed by atoms with Gasteiger partial charge in [0.15, 0.2) is 5.75 Å². The number of para-hydroxylation sites is 3. The maximum absolute atomic E-state index is 12.8. The molecule has 0 aliphatic carbocycles. The van der Waals surface area contributed by atoms with Crippen molar-refractivity contribution < 1.29 is 9.53 Å². The first-order valence-electron chi connectivity index (χ1n) is 10.6. The number of hydrogen-bond acceptors (Lipinski definition) is 3. The molecule has 1 heterocycles. The molecule has 30 heavy (non-hydrogen) atoms. The van der Waals surface area contributed by atoms with Crippen LogP contribution >= 0.6 is 0 Å². The molecule has 4 rings (SSSR count). The maximum atomic E-state index is 12.8. The second-order valence-corrected chi connectivity index (χ2v) is 8.02. The van der Waals surface area contributed by atoms with Gasteiger partial charge in [-0.2, -0.15) is 0 Å². The molecule has 0 radical (unpaired) electrons. The summed E-state index contributed by atoms with van der Waals surface area (Å²) >= 11 is 0. The van der Waals surface area contributed by atoms with Crippen molar-refractivity contribution in [2.75, 3.05) is 18.4 Å². The molecule has 0 atom stereocenters. The number of benzene rings is 3. The van der Waals surface area contributed by atoms with E-state index in [1.807, 2.05) is 66.7 Å². The van der Waals surface area contributed by atoms with Crippen molar-refractivity contribution in [2.24, 2.45) is 5.92 Å². The van der Waals surface area contributed by atoms with Crippen molar-refractivity contribution in [1.29, 1.82) is 0 Å². The van der Waals surface area contributed by atoms with Crippen LogP contribution in [0.1, 0.15) is 35.7 Å². The standard InChI is InChI=1S/C26H28N2O2/c1-20-15-17-28(18-16-20)19-21-11-13-22(14-12-21)26(29)27-24-9-5-6-10-25(24)30-23-7-3-2-4-8-23/h2-14,20H,15-19H2,1H3,(H,27,29). The highest BCUT2D eigenvalue weighted by molar-refractivity contribution is 6.05. The number of rotatable bonds is 6. The van der Waals surface area contributed by atoms with Gasteiger partial charge in [-0.15, -0.1) is 0 Å². The van der Waals surface area contributed by atoms with Gasteiger partial charge in [0.1, 0.15) is 5.75 Å². The highest BCUT2D eigenvalue weighted by Crippen LogP contribution is 2.29. The molecule has 3 aromatic carbocycles. The van der Waals surface area contributed by atoms with Crippen molar-refractivity contribution in [2.45, 2.75) is 26.3 Å². The molecule has 1 amide bonds. The topological polar surface area (TPSA) is 41.6 Å². The predicted molar refractivity (Wildman–Crippen MR) is 121 cm³/mol. The highest BCUT2D eigenvalue weighted by Gasteiger charge is 2.16. The lowest BCUT2D eigenvalue weighted by Crippen LogP contribution is -2.32. The number of anilines is 1. The van der Waals surface area contributed by atoms with Crippen molar-refractivity contribution in [3.05, 3.63) is 90.0 Å². The van der Waals surface area contributed by atoms with Gasteiger partial charge in [-0.1, -0.05) is 49.4 Å². The Morgan fingerprint density at radius 3 is 2.33 bits per heavy atom. The van der Waals surface area contributed by atoms with Gasteiger partial charge in [-0.3, -0.25) is 9.69 Å². The summed E-state index contributed by atoms with van der Waals surface area (Å²) in [4.78, 5) is 15.3. The van der Waals surface area contributed by atoms with Gasteiger partial charge in [0, 0.05) is 12.1 Å². The minimum absolute atomic E-state index is 0.141. The molecular formula is C26H28N2O2. The molecule has 1 saturated heterocycles. The van der Waals surface area contributed by atoms with Crippen molar-refractivity contribution in [1.82, 2.24) is 4.90 Å². The molecule has 3 aromatic rings. The second kappa shape index (κ2) is 9.59. The number of ether oxygens (including phenoxy) is 1. The summed E-state index contributed by atoms with van der Waals surface area (Å²) in [5.74, 6) is 2.04. The Balaban J connectivity index is 1.39. The van der Waals surface area contributed by atoms with E-state index in [1.54, 1.807) is 0 Å². The zero-order valence-electron chi connectivity index (χ0n) is 17.4. The van der Waals surface area contributed by atoms with Crippen LogP contribution in [0.5, 0.6) is 11.5 Å². The van der Waals surface area contributed by atoms with Gasteiger partial charge in [0.2, 0.25) is 0 Å². The molecule has 0 spiro atoms. The fraction of sp³-hybridized carbons (Fsp3) is 0.269. The Kier molecular flexibility index (Phi) is 6.45. The number of hydrogen-bond donors (Lipinski definition) is 1. The van der Waals surface area contributed by atoms with Gasteiger partial charge in [-0.25, -0.2) is 0 Å². The summed E-state index contributed by atoms with van der Waals surface area (Å²) in [6, 6.07) is 24.9. The first-order chi connectivity index (χ1) is 14.7. The summed E-state index contributed by atoms with van der Waals surface area (Å²) in [5.41, 5.74) is 2.53. The van der Waals surface area contributed by atoms with Crippen LogP contribution in [-0.4, -0.2) is 23.9 Å². The first-order valence-corrected chi connectivity index (χ1v) is 10.6. The van der Waals surface area contributed by atoms with E-state index < -0.39 is 0 Å². The minimum atomic E-state index is -0.141. The zero-order valence-corrected chi connectivity index (χ0v) is 17.4. The van der Waals surface area contributed by atoms with E-state index in [-0.39, 0.29) is 5.91 Å². The van der Waals surface area contributed by atoms with E-state index >= 15 is 0 Å². The van der Waals surface area contributed by atoms with E-state index in [1.165, 1.54) is 18.4 Å². The third-order valence-electron chi connectivity index (χ3n) is 5.60. The predicted octanol–water partition coefficient (Wildman–Crippen LogP) is 5.96. The second-order valence-electron chi connectivity index (χ2n) is 8.02. The van der Waals surface area contributed by atoms with Crippen molar-refractivity contribution in [3.63, 3.8) is 0 Å². The zero-order chi connectivity index (χ0) is 20.8. The summed E-state index contributed by atoms with van der Waals surface area (Å²) in [7, 11) is 0. The monoisotopic (exact) mass is 400 g/mol. The lowest BCUT2D eigenvalue weighted by molar-refractivity contribution is 0.102. The molecular weight excluding hydrogens is 372 g/mol. The average Bonchev–Trinajstić information content (AvgIpc) is 2.78. The van der Waals surface area contributed by atoms with E-state index in [9.17, 15) is 4.79 Å². The molecule has 0 bridgehead atoms. The number of amides is 1. The van der Waals surface area contributed by atoms with Crippen LogP contribution < -0.4 is 10.1 Å². The van der Waals surface area contributed by atoms with Gasteiger partial charge in [0.05, 0.1) is 5.69 Å². The molecule has 4 heteroatoms. The number of carbonyl (C=O) groups excluding carboxylic acids is 1. The largest absolute Gasteiger partial charge is 0.455 e. The fourth-order valence-corrected chi connectivity index (χ4v) is 3.71. The Bertz CT molecular complexity index is 962. The maximum Gasteiger partial charge on any atom is 0.255 e. The molecule has 1 fully saturated rings. The number of carbonyl (C=O) groups is 1.